The molecule has 2 amide bonds. The monoisotopic (exact) mass is 329 g/mol. The molecule has 2 aliphatic rings. The van der Waals surface area contributed by atoms with E-state index in [2.05, 4.69) is 17.3 Å². The van der Waals surface area contributed by atoms with Gasteiger partial charge < -0.3 is 15.1 Å². The van der Waals surface area contributed by atoms with Crippen LogP contribution in [0.5, 0.6) is 0 Å². The predicted molar refractivity (Wildman–Crippen MR) is 96.2 cm³/mol. The van der Waals surface area contributed by atoms with Crippen LogP contribution in [0.4, 0.5) is 11.4 Å². The zero-order valence-corrected chi connectivity index (χ0v) is 14.7. The minimum atomic E-state index is 0.0916. The number of benzene rings is 1. The van der Waals surface area contributed by atoms with Crippen LogP contribution in [0, 0.1) is 12.8 Å². The molecule has 0 unspecified atom stereocenters. The molecule has 24 heavy (non-hydrogen) atoms. The van der Waals surface area contributed by atoms with Crippen LogP contribution in [0.15, 0.2) is 18.2 Å². The molecule has 0 aliphatic carbocycles. The average Bonchev–Trinajstić information content (AvgIpc) is 2.96. The highest BCUT2D eigenvalue weighted by Gasteiger charge is 2.23. The highest BCUT2D eigenvalue weighted by Crippen LogP contribution is 2.28. The SMILES string of the molecule is Cc1cc(NC(=O)CC2CCN(C)CC2)ccc1N1CCCC1=O. The molecule has 0 bridgehead atoms. The molecule has 130 valence electrons. The van der Waals surface area contributed by atoms with Crippen molar-refractivity contribution in [2.75, 3.05) is 36.9 Å². The number of likely N-dealkylation sites (tertiary alicyclic amines) is 1. The zero-order valence-electron chi connectivity index (χ0n) is 14.7. The summed E-state index contributed by atoms with van der Waals surface area (Å²) in [6, 6.07) is 5.82. The number of amides is 2. The van der Waals surface area contributed by atoms with Gasteiger partial charge in [-0.1, -0.05) is 0 Å². The highest BCUT2D eigenvalue weighted by atomic mass is 16.2. The maximum atomic E-state index is 12.3. The standard InChI is InChI=1S/C19H27N3O2/c1-14-12-16(5-6-17(14)22-9-3-4-19(22)24)20-18(23)13-15-7-10-21(2)11-8-15/h5-6,12,15H,3-4,7-11,13H2,1-2H3,(H,20,23). The second kappa shape index (κ2) is 7.34. The normalized spacial score (nSPS) is 19.8. The van der Waals surface area contributed by atoms with E-state index >= 15 is 0 Å². The van der Waals surface area contributed by atoms with Gasteiger partial charge in [0, 0.05) is 30.8 Å². The molecule has 2 saturated heterocycles. The van der Waals surface area contributed by atoms with E-state index < -0.39 is 0 Å². The van der Waals surface area contributed by atoms with Gasteiger partial charge in [-0.15, -0.1) is 0 Å². The first kappa shape index (κ1) is 17.0. The van der Waals surface area contributed by atoms with Crippen molar-refractivity contribution in [3.63, 3.8) is 0 Å². The highest BCUT2D eigenvalue weighted by molar-refractivity contribution is 5.97. The van der Waals surface area contributed by atoms with E-state index in [9.17, 15) is 9.59 Å². The summed E-state index contributed by atoms with van der Waals surface area (Å²) >= 11 is 0. The summed E-state index contributed by atoms with van der Waals surface area (Å²) in [5.74, 6) is 0.773. The van der Waals surface area contributed by atoms with Crippen LogP contribution in [0.25, 0.3) is 0 Å². The van der Waals surface area contributed by atoms with E-state index in [1.807, 2.05) is 30.0 Å². The van der Waals surface area contributed by atoms with Crippen molar-refractivity contribution in [3.05, 3.63) is 23.8 Å². The Kier molecular flexibility index (Phi) is 5.19. The van der Waals surface area contributed by atoms with Crippen LogP contribution in [0.1, 0.15) is 37.7 Å². The number of carbonyl (C=O) groups excluding carboxylic acids is 2. The lowest BCUT2D eigenvalue weighted by Gasteiger charge is -2.28. The minimum absolute atomic E-state index is 0.0916. The van der Waals surface area contributed by atoms with Crippen molar-refractivity contribution >= 4 is 23.2 Å². The molecule has 0 atom stereocenters. The predicted octanol–water partition coefficient (Wildman–Crippen LogP) is 2.79. The van der Waals surface area contributed by atoms with Gasteiger partial charge in [0.15, 0.2) is 0 Å². The van der Waals surface area contributed by atoms with Crippen LogP contribution in [0.2, 0.25) is 0 Å². The van der Waals surface area contributed by atoms with Crippen LogP contribution in [-0.2, 0) is 9.59 Å². The maximum absolute atomic E-state index is 12.3. The number of rotatable bonds is 4. The van der Waals surface area contributed by atoms with Crippen molar-refractivity contribution in [1.82, 2.24) is 4.90 Å². The van der Waals surface area contributed by atoms with Crippen LogP contribution >= 0.6 is 0 Å². The molecule has 1 aromatic carbocycles. The van der Waals surface area contributed by atoms with Gasteiger partial charge in [-0.2, -0.15) is 0 Å². The first-order valence-electron chi connectivity index (χ1n) is 8.92. The molecular formula is C19H27N3O2. The zero-order chi connectivity index (χ0) is 17.1. The van der Waals surface area contributed by atoms with Crippen molar-refractivity contribution in [2.24, 2.45) is 5.92 Å². The molecule has 2 aliphatic heterocycles. The largest absolute Gasteiger partial charge is 0.326 e. The van der Waals surface area contributed by atoms with E-state index in [1.165, 1.54) is 0 Å². The Bertz CT molecular complexity index is 621. The third-order valence-electron chi connectivity index (χ3n) is 5.16. The van der Waals surface area contributed by atoms with Gasteiger partial charge in [0.05, 0.1) is 0 Å². The lowest BCUT2D eigenvalue weighted by Crippen LogP contribution is -2.31. The van der Waals surface area contributed by atoms with Crippen molar-refractivity contribution < 1.29 is 9.59 Å². The quantitative estimate of drug-likeness (QED) is 0.924. The number of hydrogen-bond donors (Lipinski definition) is 1. The van der Waals surface area contributed by atoms with Crippen molar-refractivity contribution in [1.29, 1.82) is 0 Å². The van der Waals surface area contributed by atoms with Crippen molar-refractivity contribution in [2.45, 2.75) is 39.0 Å². The topological polar surface area (TPSA) is 52.7 Å². The van der Waals surface area contributed by atoms with E-state index in [1.54, 1.807) is 0 Å². The molecule has 5 heteroatoms. The van der Waals surface area contributed by atoms with Gasteiger partial charge in [-0.25, -0.2) is 0 Å². The minimum Gasteiger partial charge on any atom is -0.326 e. The molecular weight excluding hydrogens is 302 g/mol. The van der Waals surface area contributed by atoms with E-state index in [0.29, 0.717) is 18.8 Å². The molecule has 3 rings (SSSR count). The Labute approximate surface area is 144 Å². The third-order valence-corrected chi connectivity index (χ3v) is 5.16. The Hall–Kier alpha value is -1.88. The third kappa shape index (κ3) is 3.96. The first-order valence-corrected chi connectivity index (χ1v) is 8.92. The number of hydrogen-bond acceptors (Lipinski definition) is 3. The van der Waals surface area contributed by atoms with E-state index in [0.717, 1.165) is 55.8 Å². The molecule has 0 spiro atoms. The molecule has 0 saturated carbocycles. The second-order valence-electron chi connectivity index (χ2n) is 7.15. The second-order valence-corrected chi connectivity index (χ2v) is 7.15. The smallest absolute Gasteiger partial charge is 0.227 e. The number of piperidine rings is 1. The summed E-state index contributed by atoms with van der Waals surface area (Å²) in [5, 5.41) is 3.01. The van der Waals surface area contributed by atoms with Gasteiger partial charge in [-0.05, 0) is 76.0 Å². The Morgan fingerprint density at radius 3 is 2.62 bits per heavy atom. The van der Waals surface area contributed by atoms with Gasteiger partial charge in [0.2, 0.25) is 11.8 Å². The maximum Gasteiger partial charge on any atom is 0.227 e. The number of anilines is 2. The molecule has 2 heterocycles. The molecule has 5 nitrogen and oxygen atoms in total. The van der Waals surface area contributed by atoms with Crippen molar-refractivity contribution in [3.8, 4) is 0 Å². The Balaban J connectivity index is 1.58. The molecule has 2 fully saturated rings. The van der Waals surface area contributed by atoms with Gasteiger partial charge >= 0.3 is 0 Å². The number of carbonyl (C=O) groups is 2. The van der Waals surface area contributed by atoms with Crippen LogP contribution in [-0.4, -0.2) is 43.4 Å². The summed E-state index contributed by atoms with van der Waals surface area (Å²) in [4.78, 5) is 28.3. The fourth-order valence-corrected chi connectivity index (χ4v) is 3.68. The molecule has 0 aromatic heterocycles. The fourth-order valence-electron chi connectivity index (χ4n) is 3.68. The lowest BCUT2D eigenvalue weighted by molar-refractivity contribution is -0.118. The molecule has 0 radical (unpaired) electrons. The van der Waals surface area contributed by atoms with Gasteiger partial charge in [0.25, 0.3) is 0 Å². The van der Waals surface area contributed by atoms with Gasteiger partial charge in [-0.3, -0.25) is 9.59 Å². The van der Waals surface area contributed by atoms with Crippen LogP contribution in [0.3, 0.4) is 0 Å². The number of nitrogens with one attached hydrogen (secondary N) is 1. The van der Waals surface area contributed by atoms with Crippen LogP contribution < -0.4 is 10.2 Å². The molecule has 1 aromatic rings. The number of nitrogens with zero attached hydrogens (tertiary/aromatic N) is 2. The lowest BCUT2D eigenvalue weighted by atomic mass is 9.93. The summed E-state index contributed by atoms with van der Waals surface area (Å²) in [6.45, 7) is 4.94. The summed E-state index contributed by atoms with van der Waals surface area (Å²) in [7, 11) is 2.13. The number of aryl methyl sites for hydroxylation is 1. The van der Waals surface area contributed by atoms with E-state index in [4.69, 9.17) is 0 Å². The average molecular weight is 329 g/mol. The molecule has 1 N–H and O–H groups in total. The Morgan fingerprint density at radius 2 is 2.00 bits per heavy atom. The van der Waals surface area contributed by atoms with E-state index in [-0.39, 0.29) is 11.8 Å². The van der Waals surface area contributed by atoms with Gasteiger partial charge in [0.1, 0.15) is 0 Å². The first-order chi connectivity index (χ1) is 11.5. The Morgan fingerprint density at radius 1 is 1.25 bits per heavy atom. The fraction of sp³-hybridized carbons (Fsp3) is 0.579. The summed E-state index contributed by atoms with van der Waals surface area (Å²) < 4.78 is 0. The summed E-state index contributed by atoms with van der Waals surface area (Å²) in [5.41, 5.74) is 2.81. The summed E-state index contributed by atoms with van der Waals surface area (Å²) in [6.07, 6.45) is 4.35.